The van der Waals surface area contributed by atoms with E-state index in [9.17, 15) is 0 Å². The number of fused-ring (bicyclic) bond motifs is 3. The molecule has 0 bridgehead atoms. The number of nitrogens with one attached hydrogen (secondary N) is 2. The zero-order valence-corrected chi connectivity index (χ0v) is 32.4. The van der Waals surface area contributed by atoms with Crippen molar-refractivity contribution in [3.8, 4) is 11.5 Å². The minimum absolute atomic E-state index is 0.0396. The van der Waals surface area contributed by atoms with Gasteiger partial charge in [0.05, 0.1) is 36.7 Å². The van der Waals surface area contributed by atoms with Crippen LogP contribution in [-0.2, 0) is 27.9 Å². The number of benzene rings is 2. The van der Waals surface area contributed by atoms with E-state index in [0.717, 1.165) is 76.3 Å². The molecule has 54 heavy (non-hydrogen) atoms. The molecule has 5 aromatic rings. The van der Waals surface area contributed by atoms with Crippen LogP contribution in [0.3, 0.4) is 0 Å². The van der Waals surface area contributed by atoms with Crippen molar-refractivity contribution >= 4 is 27.9 Å². The number of aromatic nitrogens is 5. The molecule has 4 aliphatic rings. The van der Waals surface area contributed by atoms with E-state index in [4.69, 9.17) is 28.9 Å². The van der Waals surface area contributed by atoms with Crippen molar-refractivity contribution in [2.75, 3.05) is 33.1 Å². The molecular weight excluding hydrogens is 679 g/mol. The van der Waals surface area contributed by atoms with E-state index >= 15 is 0 Å². The van der Waals surface area contributed by atoms with Crippen LogP contribution in [0.4, 0.5) is 5.82 Å². The van der Waals surface area contributed by atoms with Gasteiger partial charge in [-0.05, 0) is 98.4 Å². The molecule has 3 fully saturated rings. The third kappa shape index (κ3) is 6.38. The lowest BCUT2D eigenvalue weighted by atomic mass is 9.66. The maximum Gasteiger partial charge on any atom is 0.205 e. The predicted molar refractivity (Wildman–Crippen MR) is 210 cm³/mol. The molecule has 1 aliphatic heterocycles. The van der Waals surface area contributed by atoms with Crippen molar-refractivity contribution in [3.63, 3.8) is 0 Å². The van der Waals surface area contributed by atoms with Crippen LogP contribution < -0.4 is 14.8 Å². The van der Waals surface area contributed by atoms with Crippen molar-refractivity contribution in [2.24, 2.45) is 5.92 Å². The molecule has 0 spiro atoms. The summed E-state index contributed by atoms with van der Waals surface area (Å²) in [4.78, 5) is 20.5. The fourth-order valence-electron chi connectivity index (χ4n) is 9.26. The second-order valence-electron chi connectivity index (χ2n) is 16.8. The summed E-state index contributed by atoms with van der Waals surface area (Å²) in [6.07, 6.45) is 13.0. The zero-order chi connectivity index (χ0) is 37.2. The largest absolute Gasteiger partial charge is 0.497 e. The number of aryl methyl sites for hydroxylation is 1. The highest BCUT2D eigenvalue weighted by Crippen LogP contribution is 2.48. The van der Waals surface area contributed by atoms with Gasteiger partial charge in [-0.25, -0.2) is 15.0 Å². The van der Waals surface area contributed by atoms with E-state index in [2.05, 4.69) is 69.2 Å². The summed E-state index contributed by atoms with van der Waals surface area (Å²) >= 11 is 0. The average molecular weight is 732 g/mol. The SMILES string of the molecule is COc1ccc(CNc2ncnc3c2ccn3[C@@H]2CC(CN(C)C3CC(CCc4nc5ccc(C6(C)CCC6)cc5[nH]4)C3)=C3OC(C)(C)O[C@H]32)c(OC)c1. The number of ether oxygens (including phenoxy) is 4. The first kappa shape index (κ1) is 35.1. The number of likely N-dealkylation sites (N-methyl/N-ethyl adjacent to an activating group) is 1. The summed E-state index contributed by atoms with van der Waals surface area (Å²) in [5.74, 6) is 4.45. The van der Waals surface area contributed by atoms with Crippen LogP contribution in [0, 0.1) is 5.92 Å². The number of rotatable bonds is 13. The number of imidazole rings is 1. The van der Waals surface area contributed by atoms with Crippen molar-refractivity contribution < 1.29 is 18.9 Å². The molecule has 284 valence electrons. The Labute approximate surface area is 317 Å². The van der Waals surface area contributed by atoms with Gasteiger partial charge in [-0.2, -0.15) is 0 Å². The van der Waals surface area contributed by atoms with E-state index in [1.807, 2.05) is 32.0 Å². The minimum atomic E-state index is -0.681. The van der Waals surface area contributed by atoms with Gasteiger partial charge in [0.15, 0.2) is 0 Å². The molecule has 9 rings (SSSR count). The highest BCUT2D eigenvalue weighted by molar-refractivity contribution is 5.87. The van der Waals surface area contributed by atoms with E-state index < -0.39 is 5.79 Å². The summed E-state index contributed by atoms with van der Waals surface area (Å²) in [7, 11) is 5.60. The van der Waals surface area contributed by atoms with E-state index in [1.165, 1.54) is 55.2 Å². The fourth-order valence-corrected chi connectivity index (χ4v) is 9.26. The van der Waals surface area contributed by atoms with Crippen LogP contribution in [0.5, 0.6) is 11.5 Å². The molecule has 0 amide bonds. The molecule has 11 heteroatoms. The number of H-pyrrole nitrogens is 1. The van der Waals surface area contributed by atoms with Crippen LogP contribution in [0.15, 0.2) is 66.3 Å². The van der Waals surface area contributed by atoms with Crippen LogP contribution in [0.2, 0.25) is 0 Å². The first-order valence-corrected chi connectivity index (χ1v) is 19.6. The first-order valence-electron chi connectivity index (χ1n) is 19.6. The summed E-state index contributed by atoms with van der Waals surface area (Å²) in [5, 5.41) is 4.48. The number of nitrogens with zero attached hydrogens (tertiary/aromatic N) is 5. The van der Waals surface area contributed by atoms with Gasteiger partial charge in [0.1, 0.15) is 47.0 Å². The zero-order valence-electron chi connectivity index (χ0n) is 32.4. The second kappa shape index (κ2) is 13.6. The van der Waals surface area contributed by atoms with E-state index in [0.29, 0.717) is 18.0 Å². The summed E-state index contributed by atoms with van der Waals surface area (Å²) in [6, 6.07) is 15.4. The molecule has 1 saturated heterocycles. The van der Waals surface area contributed by atoms with Crippen molar-refractivity contribution in [1.82, 2.24) is 29.4 Å². The highest BCUT2D eigenvalue weighted by atomic mass is 16.7. The molecule has 2 atom stereocenters. The number of methoxy groups -OCH3 is 2. The maximum atomic E-state index is 6.58. The lowest BCUT2D eigenvalue weighted by Crippen LogP contribution is -2.43. The number of hydrogen-bond acceptors (Lipinski definition) is 9. The van der Waals surface area contributed by atoms with Crippen LogP contribution >= 0.6 is 0 Å². The Morgan fingerprint density at radius 1 is 1.04 bits per heavy atom. The Morgan fingerprint density at radius 3 is 2.67 bits per heavy atom. The topological polar surface area (TPSA) is 112 Å². The molecule has 2 aromatic carbocycles. The third-order valence-electron chi connectivity index (χ3n) is 12.7. The molecule has 0 radical (unpaired) electrons. The molecule has 2 N–H and O–H groups in total. The number of hydrogen-bond donors (Lipinski definition) is 2. The lowest BCUT2D eigenvalue weighted by molar-refractivity contribution is -0.141. The Morgan fingerprint density at radius 2 is 1.89 bits per heavy atom. The molecule has 4 heterocycles. The molecule has 3 aromatic heterocycles. The quantitative estimate of drug-likeness (QED) is 0.124. The molecule has 3 aliphatic carbocycles. The summed E-state index contributed by atoms with van der Waals surface area (Å²) < 4.78 is 26.3. The van der Waals surface area contributed by atoms with E-state index in [1.54, 1.807) is 20.5 Å². The average Bonchev–Trinajstić information content (AvgIpc) is 3.90. The monoisotopic (exact) mass is 731 g/mol. The molecular formula is C43H53N7O4. The van der Waals surface area contributed by atoms with Gasteiger partial charge in [0, 0.05) is 57.2 Å². The van der Waals surface area contributed by atoms with Crippen molar-refractivity contribution in [2.45, 2.75) is 108 Å². The molecule has 11 nitrogen and oxygen atoms in total. The van der Waals surface area contributed by atoms with Crippen LogP contribution in [0.1, 0.15) is 88.7 Å². The molecule has 2 saturated carbocycles. The fraction of sp³-hybridized carbons (Fsp3) is 0.512. The van der Waals surface area contributed by atoms with Crippen LogP contribution in [-0.4, -0.2) is 75.1 Å². The van der Waals surface area contributed by atoms with E-state index in [-0.39, 0.29) is 12.1 Å². The minimum Gasteiger partial charge on any atom is -0.497 e. The smallest absolute Gasteiger partial charge is 0.205 e. The van der Waals surface area contributed by atoms with Gasteiger partial charge >= 0.3 is 0 Å². The molecule has 0 unspecified atom stereocenters. The first-order chi connectivity index (χ1) is 26.1. The van der Waals surface area contributed by atoms with Gasteiger partial charge in [-0.1, -0.05) is 19.4 Å². The third-order valence-corrected chi connectivity index (χ3v) is 12.7. The Kier molecular flexibility index (Phi) is 8.84. The summed E-state index contributed by atoms with van der Waals surface area (Å²) in [6.45, 7) is 7.83. The van der Waals surface area contributed by atoms with Gasteiger partial charge in [0.2, 0.25) is 5.79 Å². The van der Waals surface area contributed by atoms with Crippen molar-refractivity contribution in [3.05, 3.63) is 83.3 Å². The Hall–Kier alpha value is -4.61. The van der Waals surface area contributed by atoms with Crippen LogP contribution in [0.25, 0.3) is 22.1 Å². The predicted octanol–water partition coefficient (Wildman–Crippen LogP) is 8.07. The standard InChI is InChI=1S/C43H53N7O4/c1-42(2)53-38-28(24-49(4)30-18-26(19-30)8-13-37-47-33-12-10-29(21-34(33)48-37)43(3)15-7-16-43)20-35(39(38)54-42)50-17-14-32-40(45-25-46-41(32)50)44-23-27-9-11-31(51-5)22-36(27)52-6/h9-12,14,17,21-22,25-26,30,35,39H,7-8,13,15-16,18-20,23-24H2,1-6H3,(H,47,48)(H,44,45,46)/t26?,30?,35-,39+/m1/s1. The Balaban J connectivity index is 0.836. The van der Waals surface area contributed by atoms with Gasteiger partial charge in [-0.15, -0.1) is 0 Å². The lowest BCUT2D eigenvalue weighted by Gasteiger charge is -2.41. The Bertz CT molecular complexity index is 2210. The van der Waals surface area contributed by atoms with Gasteiger partial charge < -0.3 is 33.8 Å². The number of aromatic amines is 1. The summed E-state index contributed by atoms with van der Waals surface area (Å²) in [5.41, 5.74) is 7.29. The highest BCUT2D eigenvalue weighted by Gasteiger charge is 2.49. The maximum absolute atomic E-state index is 6.58. The van der Waals surface area contributed by atoms with Gasteiger partial charge in [0.25, 0.3) is 0 Å². The normalized spacial score (nSPS) is 24.1. The van der Waals surface area contributed by atoms with Gasteiger partial charge in [-0.3, -0.25) is 4.90 Å². The number of anilines is 1. The second-order valence-corrected chi connectivity index (χ2v) is 16.8. The van der Waals surface area contributed by atoms with Crippen molar-refractivity contribution in [1.29, 1.82) is 0 Å².